The lowest BCUT2D eigenvalue weighted by atomic mass is 9.79. The monoisotopic (exact) mass is 540 g/mol. The minimum atomic E-state index is -0.463. The third kappa shape index (κ3) is 4.84. The van der Waals surface area contributed by atoms with Crippen molar-refractivity contribution in [3.63, 3.8) is 0 Å². The van der Waals surface area contributed by atoms with Crippen LogP contribution in [0.25, 0.3) is 10.9 Å². The molecule has 38 heavy (non-hydrogen) atoms. The van der Waals surface area contributed by atoms with Gasteiger partial charge in [-0.15, -0.1) is 0 Å². The van der Waals surface area contributed by atoms with Crippen molar-refractivity contribution in [2.45, 2.75) is 43.4 Å². The summed E-state index contributed by atoms with van der Waals surface area (Å²) in [6.07, 6.45) is 2.14. The van der Waals surface area contributed by atoms with Crippen molar-refractivity contribution in [2.24, 2.45) is 0 Å². The maximum absolute atomic E-state index is 14.7. The molecule has 4 atom stereocenters. The van der Waals surface area contributed by atoms with E-state index in [0.717, 1.165) is 74.4 Å². The predicted octanol–water partition coefficient (Wildman–Crippen LogP) is 4.23. The minimum absolute atomic E-state index is 0.0476. The van der Waals surface area contributed by atoms with Crippen molar-refractivity contribution >= 4 is 28.5 Å². The van der Waals surface area contributed by atoms with Gasteiger partial charge in [0, 0.05) is 61.3 Å². The first-order valence-corrected chi connectivity index (χ1v) is 13.8. The summed E-state index contributed by atoms with van der Waals surface area (Å²) in [5.41, 5.74) is 4.21. The summed E-state index contributed by atoms with van der Waals surface area (Å²) in [5.74, 6) is -0.704. The number of para-hydroxylation sites is 1. The Morgan fingerprint density at radius 1 is 1.18 bits per heavy atom. The first-order chi connectivity index (χ1) is 18.5. The molecule has 0 spiro atoms. The fourth-order valence-electron chi connectivity index (χ4n) is 6.61. The molecule has 3 aliphatic rings. The van der Waals surface area contributed by atoms with Gasteiger partial charge in [-0.1, -0.05) is 35.9 Å². The van der Waals surface area contributed by atoms with Gasteiger partial charge in [-0.25, -0.2) is 4.39 Å². The lowest BCUT2D eigenvalue weighted by Crippen LogP contribution is -2.56. The number of methoxy groups -OCH3 is 1. The van der Waals surface area contributed by atoms with Gasteiger partial charge >= 0.3 is 5.97 Å². The number of carbonyl (C=O) groups is 1. The fraction of sp³-hybridized carbons (Fsp3) is 0.483. The summed E-state index contributed by atoms with van der Waals surface area (Å²) in [6, 6.07) is 12.8. The number of esters is 1. The molecule has 1 aromatic heterocycles. The van der Waals surface area contributed by atoms with Crippen LogP contribution in [0.3, 0.4) is 0 Å². The number of ether oxygens (including phenoxy) is 2. The third-order valence-corrected chi connectivity index (χ3v) is 8.75. The molecule has 2 N–H and O–H groups in total. The summed E-state index contributed by atoms with van der Waals surface area (Å²) >= 11 is 6.05. The molecule has 202 valence electrons. The Bertz CT molecular complexity index is 1310. The van der Waals surface area contributed by atoms with E-state index in [0.29, 0.717) is 6.42 Å². The molecule has 2 aromatic carbocycles. The van der Waals surface area contributed by atoms with Gasteiger partial charge in [-0.3, -0.25) is 14.6 Å². The lowest BCUT2D eigenvalue weighted by molar-refractivity contribution is -0.152. The van der Waals surface area contributed by atoms with Gasteiger partial charge in [0.25, 0.3) is 0 Å². The molecule has 0 aliphatic carbocycles. The Labute approximate surface area is 227 Å². The van der Waals surface area contributed by atoms with E-state index in [9.17, 15) is 9.18 Å². The molecular formula is C29H34ClFN4O3. The third-order valence-electron chi connectivity index (χ3n) is 8.44. The maximum Gasteiger partial charge on any atom is 0.323 e. The number of benzene rings is 2. The zero-order valence-electron chi connectivity index (χ0n) is 21.6. The van der Waals surface area contributed by atoms with E-state index in [1.54, 1.807) is 6.07 Å². The van der Waals surface area contributed by atoms with E-state index in [2.05, 4.69) is 32.2 Å². The first-order valence-electron chi connectivity index (χ1n) is 13.5. The minimum Gasteiger partial charge on any atom is -0.468 e. The summed E-state index contributed by atoms with van der Waals surface area (Å²) in [4.78, 5) is 21.6. The number of nitrogens with zero attached hydrogens (tertiary/aromatic N) is 2. The molecule has 0 amide bonds. The predicted molar refractivity (Wildman–Crippen MR) is 145 cm³/mol. The number of piperidine rings is 1. The van der Waals surface area contributed by atoms with E-state index in [4.69, 9.17) is 21.1 Å². The van der Waals surface area contributed by atoms with Crippen LogP contribution in [0, 0.1) is 5.82 Å². The van der Waals surface area contributed by atoms with Crippen molar-refractivity contribution in [2.75, 3.05) is 46.5 Å². The highest BCUT2D eigenvalue weighted by atomic mass is 35.5. The number of aromatic amines is 1. The molecule has 3 aliphatic heterocycles. The largest absolute Gasteiger partial charge is 0.468 e. The molecule has 9 heteroatoms. The number of hydrogen-bond acceptors (Lipinski definition) is 6. The smallest absolute Gasteiger partial charge is 0.323 e. The number of nitrogens with one attached hydrogen (secondary N) is 2. The van der Waals surface area contributed by atoms with Crippen LogP contribution in [0.4, 0.5) is 4.39 Å². The van der Waals surface area contributed by atoms with Crippen LogP contribution >= 0.6 is 11.6 Å². The van der Waals surface area contributed by atoms with Crippen LogP contribution in [0.2, 0.25) is 5.02 Å². The quantitative estimate of drug-likeness (QED) is 0.456. The van der Waals surface area contributed by atoms with Crippen LogP contribution in [0.1, 0.15) is 41.7 Å². The molecule has 4 heterocycles. The summed E-state index contributed by atoms with van der Waals surface area (Å²) in [7, 11) is 1.44. The van der Waals surface area contributed by atoms with E-state index in [1.165, 1.54) is 18.7 Å². The molecule has 0 saturated carbocycles. The van der Waals surface area contributed by atoms with Crippen molar-refractivity contribution in [1.82, 2.24) is 20.1 Å². The highest BCUT2D eigenvalue weighted by Gasteiger charge is 2.48. The fourth-order valence-corrected chi connectivity index (χ4v) is 6.73. The number of H-pyrrole nitrogens is 1. The maximum atomic E-state index is 14.7. The van der Waals surface area contributed by atoms with E-state index in [-0.39, 0.29) is 29.1 Å². The molecule has 7 nitrogen and oxygen atoms in total. The van der Waals surface area contributed by atoms with Crippen LogP contribution in [-0.4, -0.2) is 79.3 Å². The first kappa shape index (κ1) is 25.8. The number of morpholine rings is 1. The number of halogens is 2. The van der Waals surface area contributed by atoms with Crippen LogP contribution in [-0.2, 0) is 20.7 Å². The standard InChI is InChI=1S/C29H34ClFN4O3/c1-37-29(36)27-17-21-20-4-2-3-5-24(20)33-28(21)26-16-19(32-8-9-34-10-12-38-13-11-34)15-25(35(26)27)18-6-7-22(30)23(31)14-18/h2-7,14,19,25-27,32-33H,8-13,15-17H2,1H3/t19-,25-,26+,27-/m0/s1. The molecular weight excluding hydrogens is 507 g/mol. The Balaban J connectivity index is 1.36. The van der Waals surface area contributed by atoms with Crippen LogP contribution in [0.15, 0.2) is 42.5 Å². The molecule has 6 rings (SSSR count). The van der Waals surface area contributed by atoms with Gasteiger partial charge in [-0.2, -0.15) is 0 Å². The van der Waals surface area contributed by atoms with E-state index < -0.39 is 11.9 Å². The Kier molecular flexibility index (Phi) is 7.42. The zero-order valence-corrected chi connectivity index (χ0v) is 22.3. The van der Waals surface area contributed by atoms with E-state index >= 15 is 0 Å². The highest BCUT2D eigenvalue weighted by Crippen LogP contribution is 2.49. The molecule has 0 bridgehead atoms. The Morgan fingerprint density at radius 3 is 2.76 bits per heavy atom. The van der Waals surface area contributed by atoms with Gasteiger partial charge < -0.3 is 19.8 Å². The highest BCUT2D eigenvalue weighted by molar-refractivity contribution is 6.30. The second-order valence-corrected chi connectivity index (χ2v) is 10.9. The zero-order chi connectivity index (χ0) is 26.2. The number of fused-ring (bicyclic) bond motifs is 5. The Morgan fingerprint density at radius 2 is 1.97 bits per heavy atom. The van der Waals surface area contributed by atoms with E-state index in [1.807, 2.05) is 18.2 Å². The van der Waals surface area contributed by atoms with Crippen molar-refractivity contribution in [3.8, 4) is 0 Å². The van der Waals surface area contributed by atoms with Crippen LogP contribution in [0.5, 0.6) is 0 Å². The van der Waals surface area contributed by atoms with Gasteiger partial charge in [-0.05, 0) is 42.2 Å². The van der Waals surface area contributed by atoms with Crippen LogP contribution < -0.4 is 5.32 Å². The van der Waals surface area contributed by atoms with Gasteiger partial charge in [0.2, 0.25) is 0 Å². The second-order valence-electron chi connectivity index (χ2n) is 10.5. The van der Waals surface area contributed by atoms with Gasteiger partial charge in [0.15, 0.2) is 0 Å². The summed E-state index contributed by atoms with van der Waals surface area (Å²) in [6.45, 7) is 5.28. The molecule has 2 fully saturated rings. The van der Waals surface area contributed by atoms with Crippen molar-refractivity contribution < 1.29 is 18.7 Å². The summed E-state index contributed by atoms with van der Waals surface area (Å²) < 4.78 is 25.5. The average Bonchev–Trinajstić information content (AvgIpc) is 3.33. The summed E-state index contributed by atoms with van der Waals surface area (Å²) in [5, 5.41) is 5.04. The van der Waals surface area contributed by atoms with Gasteiger partial charge in [0.1, 0.15) is 11.9 Å². The molecule has 0 radical (unpaired) electrons. The number of hydrogen-bond donors (Lipinski definition) is 2. The number of carbonyl (C=O) groups excluding carboxylic acids is 1. The number of aromatic nitrogens is 1. The van der Waals surface area contributed by atoms with Crippen molar-refractivity contribution in [3.05, 3.63) is 70.1 Å². The van der Waals surface area contributed by atoms with Crippen molar-refractivity contribution in [1.29, 1.82) is 0 Å². The number of rotatable bonds is 6. The lowest BCUT2D eigenvalue weighted by Gasteiger charge is -2.51. The normalized spacial score (nSPS) is 26.2. The SMILES string of the molecule is COC(=O)[C@@H]1Cc2c([nH]c3ccccc23)[C@H]2C[C@@H](NCCN3CCOCC3)C[C@@H](c3ccc(Cl)c(F)c3)N21. The van der Waals surface area contributed by atoms with Gasteiger partial charge in [0.05, 0.1) is 31.4 Å². The molecule has 0 unspecified atom stereocenters. The second kappa shape index (κ2) is 10.9. The molecule has 3 aromatic rings. The molecule has 2 saturated heterocycles. The Hall–Kier alpha value is -2.49. The topological polar surface area (TPSA) is 69.8 Å². The average molecular weight is 541 g/mol.